The largest absolute Gasteiger partial charge is 0.472 e. The predicted octanol–water partition coefficient (Wildman–Crippen LogP) is 6.41. The molecule has 1 saturated heterocycles. The molecule has 0 amide bonds. The summed E-state index contributed by atoms with van der Waals surface area (Å²) < 4.78 is 42.3. The fourth-order valence-corrected chi connectivity index (χ4v) is 7.65. The van der Waals surface area contributed by atoms with Crippen LogP contribution in [0.3, 0.4) is 0 Å². The second kappa shape index (κ2) is 24.4. The number of nitriles is 2. The van der Waals surface area contributed by atoms with Gasteiger partial charge in [0.1, 0.15) is 48.4 Å². The van der Waals surface area contributed by atoms with E-state index in [1.165, 1.54) is 113 Å². The van der Waals surface area contributed by atoms with E-state index in [-0.39, 0.29) is 24.7 Å². The molecule has 1 unspecified atom stereocenters. The second-order valence-electron chi connectivity index (χ2n) is 14.7. The number of phosphoric acid groups is 1. The van der Waals surface area contributed by atoms with Crippen LogP contribution >= 0.6 is 7.82 Å². The molecule has 3 aromatic rings. The summed E-state index contributed by atoms with van der Waals surface area (Å²) in [6.45, 7) is 1.73. The van der Waals surface area contributed by atoms with E-state index in [0.717, 1.165) is 19.3 Å². The van der Waals surface area contributed by atoms with E-state index in [2.05, 4.69) is 22.0 Å². The van der Waals surface area contributed by atoms with Gasteiger partial charge in [0, 0.05) is 19.0 Å². The van der Waals surface area contributed by atoms with Crippen LogP contribution in [0.25, 0.3) is 5.52 Å². The molecule has 0 radical (unpaired) electrons. The van der Waals surface area contributed by atoms with Crippen LogP contribution in [0.4, 0.5) is 5.82 Å². The summed E-state index contributed by atoms with van der Waals surface area (Å²) in [5.74, 6) is 0.121. The first-order chi connectivity index (χ1) is 27.6. The molecule has 3 aromatic heterocycles. The molecule has 0 bridgehead atoms. The van der Waals surface area contributed by atoms with Crippen molar-refractivity contribution in [1.29, 1.82) is 10.5 Å². The Morgan fingerprint density at radius 1 is 0.947 bits per heavy atom. The van der Waals surface area contributed by atoms with Crippen molar-refractivity contribution in [1.82, 2.24) is 19.6 Å². The number of nitrogens with two attached hydrogens (primary N) is 1. The number of aromatic nitrogens is 4. The van der Waals surface area contributed by atoms with Gasteiger partial charge in [-0.3, -0.25) is 14.0 Å². The third kappa shape index (κ3) is 14.4. The number of pyridine rings is 1. The summed E-state index contributed by atoms with van der Waals surface area (Å²) in [5, 5.41) is 45.2. The van der Waals surface area contributed by atoms with Crippen molar-refractivity contribution in [2.24, 2.45) is 0 Å². The van der Waals surface area contributed by atoms with E-state index in [1.54, 1.807) is 12.3 Å². The van der Waals surface area contributed by atoms with Crippen LogP contribution in [-0.2, 0) is 40.0 Å². The van der Waals surface area contributed by atoms with Gasteiger partial charge in [0.15, 0.2) is 5.82 Å². The van der Waals surface area contributed by atoms with Crippen LogP contribution in [-0.4, -0.2) is 85.5 Å². The van der Waals surface area contributed by atoms with E-state index in [0.29, 0.717) is 23.3 Å². The number of rotatable bonds is 29. The van der Waals surface area contributed by atoms with E-state index >= 15 is 0 Å². The van der Waals surface area contributed by atoms with Gasteiger partial charge in [0.05, 0.1) is 37.7 Å². The highest BCUT2D eigenvalue weighted by molar-refractivity contribution is 7.47. The first-order valence-electron chi connectivity index (χ1n) is 20.3. The average molecular weight is 814 g/mol. The molecule has 314 valence electrons. The van der Waals surface area contributed by atoms with E-state index < -0.39 is 51.1 Å². The fourth-order valence-electron chi connectivity index (χ4n) is 6.89. The standard InChI is InChI=1S/C40H60N7O9P/c1-2-3-4-5-6-7-8-9-10-11-12-13-14-15-16-17-20-52-26-33(53-25-32-21-31(22-41)23-44-24-32)27-54-57(50,51)55-28-35-37(48)38(49)40(29-42,56-35)36-19-18-34-39(43)45-30-46-47(34)36/h18-19,21,23-24,30,33,35,37-38,48-49H,2-17,20,25-28H2,1H3,(H,50,51)(H2,43,45,46)/t33-,35-,37-,38-,40+/m1/s1. The minimum atomic E-state index is -4.78. The van der Waals surface area contributed by atoms with Crippen LogP contribution in [0.1, 0.15) is 126 Å². The van der Waals surface area contributed by atoms with Crippen LogP contribution in [0.2, 0.25) is 0 Å². The number of aliphatic hydroxyl groups excluding tert-OH is 2. The molecule has 0 aromatic carbocycles. The van der Waals surface area contributed by atoms with Gasteiger partial charge in [-0.05, 0) is 30.2 Å². The molecule has 0 saturated carbocycles. The lowest BCUT2D eigenvalue weighted by Crippen LogP contribution is -2.41. The molecule has 1 aliphatic rings. The lowest BCUT2D eigenvalue weighted by molar-refractivity contribution is -0.0690. The maximum atomic E-state index is 13.0. The van der Waals surface area contributed by atoms with Crippen LogP contribution in [0.5, 0.6) is 0 Å². The number of hydrogen-bond donors (Lipinski definition) is 4. The van der Waals surface area contributed by atoms with Crippen molar-refractivity contribution in [3.63, 3.8) is 0 Å². The summed E-state index contributed by atoms with van der Waals surface area (Å²) >= 11 is 0. The van der Waals surface area contributed by atoms with Gasteiger partial charge in [0.25, 0.3) is 0 Å². The molecule has 0 aliphatic carbocycles. The van der Waals surface area contributed by atoms with Crippen molar-refractivity contribution in [3.05, 3.63) is 53.7 Å². The number of nitrogens with zero attached hydrogens (tertiary/aromatic N) is 6. The average Bonchev–Trinajstić information content (AvgIpc) is 3.76. The molecule has 6 atom stereocenters. The minimum absolute atomic E-state index is 0.0385. The van der Waals surface area contributed by atoms with Crippen LogP contribution in [0, 0.1) is 22.7 Å². The van der Waals surface area contributed by atoms with E-state index in [9.17, 15) is 30.2 Å². The number of nitrogen functional groups attached to an aromatic ring is 1. The number of anilines is 1. The maximum Gasteiger partial charge on any atom is 0.472 e. The monoisotopic (exact) mass is 813 g/mol. The normalized spacial score (nSPS) is 21.0. The zero-order chi connectivity index (χ0) is 40.9. The van der Waals surface area contributed by atoms with Crippen molar-refractivity contribution < 1.29 is 42.9 Å². The van der Waals surface area contributed by atoms with Gasteiger partial charge in [-0.1, -0.05) is 103 Å². The second-order valence-corrected chi connectivity index (χ2v) is 16.1. The lowest BCUT2D eigenvalue weighted by atomic mass is 9.92. The Morgan fingerprint density at radius 2 is 1.60 bits per heavy atom. The van der Waals surface area contributed by atoms with Crippen molar-refractivity contribution in [2.75, 3.05) is 32.2 Å². The fraction of sp³-hybridized carbons (Fsp3) is 0.675. The summed E-state index contributed by atoms with van der Waals surface area (Å²) in [6, 6.07) is 8.56. The minimum Gasteiger partial charge on any atom is -0.387 e. The summed E-state index contributed by atoms with van der Waals surface area (Å²) in [6.07, 6.45) is 18.8. The molecule has 17 heteroatoms. The number of unbranched alkanes of at least 4 members (excludes halogenated alkanes) is 15. The highest BCUT2D eigenvalue weighted by Gasteiger charge is 2.58. The summed E-state index contributed by atoms with van der Waals surface area (Å²) in [4.78, 5) is 18.5. The van der Waals surface area contributed by atoms with Crippen molar-refractivity contribution in [2.45, 2.75) is 146 Å². The highest BCUT2D eigenvalue weighted by Crippen LogP contribution is 2.46. The highest BCUT2D eigenvalue weighted by atomic mass is 31.2. The SMILES string of the molecule is CCCCCCCCCCCCCCCCCCOC[C@H](COP(=O)(O)OC[C@H]1O[C@@](C#N)(c2ccc3c(N)ncnn23)[C@H](O)[C@@H]1O)OCc1cncc(C#N)c1. The number of fused-ring (bicyclic) bond motifs is 1. The number of phosphoric ester groups is 1. The smallest absolute Gasteiger partial charge is 0.387 e. The van der Waals surface area contributed by atoms with Crippen LogP contribution < -0.4 is 5.73 Å². The Hall–Kier alpha value is -3.54. The Kier molecular flexibility index (Phi) is 19.8. The van der Waals surface area contributed by atoms with E-state index in [1.807, 2.05) is 12.1 Å². The predicted molar refractivity (Wildman–Crippen MR) is 211 cm³/mol. The summed E-state index contributed by atoms with van der Waals surface area (Å²) in [7, 11) is -4.78. The Morgan fingerprint density at radius 3 is 2.23 bits per heavy atom. The van der Waals surface area contributed by atoms with Gasteiger partial charge in [-0.2, -0.15) is 15.6 Å². The Labute approximate surface area is 335 Å². The molecular formula is C40H60N7O9P. The molecule has 0 spiro atoms. The third-order valence-corrected chi connectivity index (χ3v) is 11.1. The lowest BCUT2D eigenvalue weighted by Gasteiger charge is -2.24. The first kappa shape index (κ1) is 46.2. The number of hydrogen-bond acceptors (Lipinski definition) is 14. The molecule has 4 heterocycles. The first-order valence-corrected chi connectivity index (χ1v) is 21.8. The number of aliphatic hydroxyl groups is 2. The van der Waals surface area contributed by atoms with E-state index in [4.69, 9.17) is 29.0 Å². The summed E-state index contributed by atoms with van der Waals surface area (Å²) in [5.41, 5.74) is 5.20. The zero-order valence-corrected chi connectivity index (χ0v) is 34.0. The topological polar surface area (TPSA) is 241 Å². The van der Waals surface area contributed by atoms with Gasteiger partial charge >= 0.3 is 7.82 Å². The van der Waals surface area contributed by atoms with Gasteiger partial charge in [-0.25, -0.2) is 14.1 Å². The number of ether oxygens (including phenoxy) is 3. The van der Waals surface area contributed by atoms with Crippen molar-refractivity contribution in [3.8, 4) is 12.1 Å². The van der Waals surface area contributed by atoms with Gasteiger partial charge < -0.3 is 35.1 Å². The molecule has 16 nitrogen and oxygen atoms in total. The molecular weight excluding hydrogens is 753 g/mol. The maximum absolute atomic E-state index is 13.0. The molecule has 5 N–H and O–H groups in total. The van der Waals surface area contributed by atoms with Gasteiger partial charge in [-0.15, -0.1) is 0 Å². The molecule has 1 aliphatic heterocycles. The molecule has 57 heavy (non-hydrogen) atoms. The third-order valence-electron chi connectivity index (χ3n) is 10.2. The molecule has 1 fully saturated rings. The Balaban J connectivity index is 1.18. The Bertz CT molecular complexity index is 1770. The molecule has 4 rings (SSSR count). The quantitative estimate of drug-likeness (QED) is 0.0437. The van der Waals surface area contributed by atoms with Crippen molar-refractivity contribution >= 4 is 19.2 Å². The zero-order valence-electron chi connectivity index (χ0n) is 33.1. The van der Waals surface area contributed by atoms with Crippen LogP contribution in [0.15, 0.2) is 36.9 Å². The van der Waals surface area contributed by atoms with Gasteiger partial charge in [0.2, 0.25) is 5.60 Å².